The topological polar surface area (TPSA) is 30.5 Å². The summed E-state index contributed by atoms with van der Waals surface area (Å²) in [7, 11) is 1.73. The van der Waals surface area contributed by atoms with Gasteiger partial charge in [-0.3, -0.25) is 0 Å². The number of ether oxygens (including phenoxy) is 2. The summed E-state index contributed by atoms with van der Waals surface area (Å²) in [6.07, 6.45) is 3.21. The van der Waals surface area contributed by atoms with Crippen LogP contribution in [0.25, 0.3) is 0 Å². The van der Waals surface area contributed by atoms with Crippen molar-refractivity contribution in [2.75, 3.05) is 40.0 Å². The van der Waals surface area contributed by atoms with Gasteiger partial charge in [0.2, 0.25) is 0 Å². The van der Waals surface area contributed by atoms with Crippen molar-refractivity contribution in [3.63, 3.8) is 0 Å². The van der Waals surface area contributed by atoms with Gasteiger partial charge in [0.1, 0.15) is 0 Å². The Morgan fingerprint density at radius 3 is 2.60 bits per heavy atom. The highest BCUT2D eigenvalue weighted by molar-refractivity contribution is 5.15. The lowest BCUT2D eigenvalue weighted by Crippen LogP contribution is -2.25. The molecule has 0 aromatic heterocycles. The second-order valence-electron chi connectivity index (χ2n) is 5.11. The molecule has 1 N–H and O–H groups in total. The fourth-order valence-corrected chi connectivity index (χ4v) is 2.23. The van der Waals surface area contributed by atoms with Gasteiger partial charge in [0.25, 0.3) is 0 Å². The first-order chi connectivity index (χ1) is 9.86. The first kappa shape index (κ1) is 17.2. The quantitative estimate of drug-likeness (QED) is 0.597. The van der Waals surface area contributed by atoms with Crippen LogP contribution in [0, 0.1) is 5.92 Å². The molecule has 3 heteroatoms. The molecule has 20 heavy (non-hydrogen) atoms. The van der Waals surface area contributed by atoms with Crippen molar-refractivity contribution < 1.29 is 9.47 Å². The van der Waals surface area contributed by atoms with Crippen molar-refractivity contribution in [3.8, 4) is 0 Å². The van der Waals surface area contributed by atoms with Crippen LogP contribution < -0.4 is 5.32 Å². The minimum atomic E-state index is 0.639. The van der Waals surface area contributed by atoms with Crippen molar-refractivity contribution in [2.45, 2.75) is 26.2 Å². The Bertz CT molecular complexity index is 316. The Hall–Kier alpha value is -0.900. The normalized spacial score (nSPS) is 12.5. The number of hydrogen-bond acceptors (Lipinski definition) is 3. The molecule has 1 unspecified atom stereocenters. The number of methoxy groups -OCH3 is 1. The molecule has 3 nitrogen and oxygen atoms in total. The van der Waals surface area contributed by atoms with Crippen LogP contribution in [0.1, 0.15) is 25.3 Å². The summed E-state index contributed by atoms with van der Waals surface area (Å²) in [5, 5.41) is 3.45. The maximum absolute atomic E-state index is 5.68. The van der Waals surface area contributed by atoms with E-state index < -0.39 is 0 Å². The SMILES string of the molecule is CCNCC(CCOCCCOC)Cc1ccccc1. The Kier molecular flexibility index (Phi) is 10.2. The molecule has 0 fully saturated rings. The van der Waals surface area contributed by atoms with Crippen molar-refractivity contribution in [2.24, 2.45) is 5.92 Å². The molecule has 0 amide bonds. The third kappa shape index (κ3) is 8.31. The Morgan fingerprint density at radius 1 is 1.10 bits per heavy atom. The first-order valence-electron chi connectivity index (χ1n) is 7.68. The number of rotatable bonds is 12. The summed E-state index contributed by atoms with van der Waals surface area (Å²) in [5.74, 6) is 0.639. The van der Waals surface area contributed by atoms with E-state index in [0.717, 1.165) is 52.2 Å². The van der Waals surface area contributed by atoms with Crippen LogP contribution in [-0.2, 0) is 15.9 Å². The number of benzene rings is 1. The van der Waals surface area contributed by atoms with E-state index in [2.05, 4.69) is 42.6 Å². The molecule has 0 radical (unpaired) electrons. The van der Waals surface area contributed by atoms with Crippen LogP contribution in [0.3, 0.4) is 0 Å². The molecule has 0 aliphatic carbocycles. The van der Waals surface area contributed by atoms with Crippen LogP contribution in [0.2, 0.25) is 0 Å². The van der Waals surface area contributed by atoms with Crippen LogP contribution in [-0.4, -0.2) is 40.0 Å². The molecule has 0 bridgehead atoms. The van der Waals surface area contributed by atoms with Crippen LogP contribution in [0.5, 0.6) is 0 Å². The van der Waals surface area contributed by atoms with Gasteiger partial charge in [0.15, 0.2) is 0 Å². The predicted molar refractivity (Wildman–Crippen MR) is 84.1 cm³/mol. The van der Waals surface area contributed by atoms with E-state index in [0.29, 0.717) is 5.92 Å². The third-order valence-corrected chi connectivity index (χ3v) is 3.36. The highest BCUT2D eigenvalue weighted by atomic mass is 16.5. The van der Waals surface area contributed by atoms with Crippen molar-refractivity contribution in [3.05, 3.63) is 35.9 Å². The van der Waals surface area contributed by atoms with Gasteiger partial charge in [-0.05, 0) is 43.8 Å². The zero-order chi connectivity index (χ0) is 14.5. The monoisotopic (exact) mass is 279 g/mol. The summed E-state index contributed by atoms with van der Waals surface area (Å²) in [4.78, 5) is 0. The molecule has 114 valence electrons. The summed E-state index contributed by atoms with van der Waals surface area (Å²) < 4.78 is 10.7. The fraction of sp³-hybridized carbons (Fsp3) is 0.647. The summed E-state index contributed by atoms with van der Waals surface area (Å²) in [5.41, 5.74) is 1.41. The lowest BCUT2D eigenvalue weighted by Gasteiger charge is -2.17. The fourth-order valence-electron chi connectivity index (χ4n) is 2.23. The summed E-state index contributed by atoms with van der Waals surface area (Å²) >= 11 is 0. The maximum Gasteiger partial charge on any atom is 0.0487 e. The number of hydrogen-bond donors (Lipinski definition) is 1. The lowest BCUT2D eigenvalue weighted by atomic mass is 9.96. The first-order valence-corrected chi connectivity index (χ1v) is 7.68. The molecule has 0 aliphatic heterocycles. The van der Waals surface area contributed by atoms with Gasteiger partial charge in [-0.1, -0.05) is 37.3 Å². The second kappa shape index (κ2) is 11.9. The van der Waals surface area contributed by atoms with Crippen molar-refractivity contribution >= 4 is 0 Å². The van der Waals surface area contributed by atoms with Crippen LogP contribution in [0.4, 0.5) is 0 Å². The zero-order valence-corrected chi connectivity index (χ0v) is 12.9. The smallest absolute Gasteiger partial charge is 0.0487 e. The predicted octanol–water partition coefficient (Wildman–Crippen LogP) is 2.90. The van der Waals surface area contributed by atoms with Gasteiger partial charge >= 0.3 is 0 Å². The average molecular weight is 279 g/mol. The maximum atomic E-state index is 5.68. The van der Waals surface area contributed by atoms with Gasteiger partial charge in [-0.25, -0.2) is 0 Å². The molecule has 0 saturated heterocycles. The molecule has 0 spiro atoms. The van der Waals surface area contributed by atoms with E-state index in [1.807, 2.05) is 0 Å². The lowest BCUT2D eigenvalue weighted by molar-refractivity contribution is 0.0936. The molecule has 1 atom stereocenters. The van der Waals surface area contributed by atoms with E-state index in [4.69, 9.17) is 9.47 Å². The number of nitrogens with one attached hydrogen (secondary N) is 1. The molecule has 0 aliphatic rings. The van der Waals surface area contributed by atoms with Crippen LogP contribution >= 0.6 is 0 Å². The van der Waals surface area contributed by atoms with Crippen molar-refractivity contribution in [1.29, 1.82) is 0 Å². The van der Waals surface area contributed by atoms with E-state index in [9.17, 15) is 0 Å². The van der Waals surface area contributed by atoms with Gasteiger partial charge in [-0.2, -0.15) is 0 Å². The Balaban J connectivity index is 2.25. The molecule has 1 aromatic carbocycles. The Labute approximate surface area is 123 Å². The Morgan fingerprint density at radius 2 is 1.90 bits per heavy atom. The van der Waals surface area contributed by atoms with E-state index in [-0.39, 0.29) is 0 Å². The standard InChI is InChI=1S/C17H29NO2/c1-3-18-15-17(10-13-20-12-7-11-19-2)14-16-8-5-4-6-9-16/h4-6,8-9,17-18H,3,7,10-15H2,1-2H3. The van der Waals surface area contributed by atoms with Gasteiger partial charge in [0.05, 0.1) is 0 Å². The molecule has 0 saturated carbocycles. The average Bonchev–Trinajstić information content (AvgIpc) is 2.49. The van der Waals surface area contributed by atoms with Gasteiger partial charge in [-0.15, -0.1) is 0 Å². The van der Waals surface area contributed by atoms with Crippen LogP contribution in [0.15, 0.2) is 30.3 Å². The molecule has 0 heterocycles. The van der Waals surface area contributed by atoms with E-state index in [1.54, 1.807) is 7.11 Å². The van der Waals surface area contributed by atoms with Gasteiger partial charge < -0.3 is 14.8 Å². The summed E-state index contributed by atoms with van der Waals surface area (Å²) in [6, 6.07) is 10.7. The summed E-state index contributed by atoms with van der Waals surface area (Å²) in [6.45, 7) is 6.66. The van der Waals surface area contributed by atoms with E-state index in [1.165, 1.54) is 5.56 Å². The molecular formula is C17H29NO2. The molecule has 1 rings (SSSR count). The molecule has 1 aromatic rings. The largest absolute Gasteiger partial charge is 0.385 e. The minimum absolute atomic E-state index is 0.639. The highest BCUT2D eigenvalue weighted by Gasteiger charge is 2.09. The van der Waals surface area contributed by atoms with Crippen molar-refractivity contribution in [1.82, 2.24) is 5.32 Å². The third-order valence-electron chi connectivity index (χ3n) is 3.36. The van der Waals surface area contributed by atoms with E-state index >= 15 is 0 Å². The zero-order valence-electron chi connectivity index (χ0n) is 12.9. The second-order valence-corrected chi connectivity index (χ2v) is 5.11. The molecular weight excluding hydrogens is 250 g/mol. The highest BCUT2D eigenvalue weighted by Crippen LogP contribution is 2.12. The minimum Gasteiger partial charge on any atom is -0.385 e. The van der Waals surface area contributed by atoms with Gasteiger partial charge in [0, 0.05) is 26.9 Å².